The van der Waals surface area contributed by atoms with Crippen LogP contribution in [-0.4, -0.2) is 183 Å². The van der Waals surface area contributed by atoms with Crippen LogP contribution in [0.25, 0.3) is 0 Å². The molecule has 284 valence electrons. The molecule has 0 unspecified atom stereocenters. The third-order valence-electron chi connectivity index (χ3n) is 8.88. The lowest BCUT2D eigenvalue weighted by Gasteiger charge is -2.46. The van der Waals surface area contributed by atoms with Crippen LogP contribution in [0.4, 0.5) is 0 Å². The van der Waals surface area contributed by atoms with Gasteiger partial charge in [-0.2, -0.15) is 0 Å². The third-order valence-corrected chi connectivity index (χ3v) is 8.88. The maximum Gasteiger partial charge on any atom is 0.187 e. The molecule has 3 saturated heterocycles. The fraction of sp³-hybridized carbons (Fsp3) is 1.00. The number of hydrogen-bond donors (Lipinski definition) is 10. The lowest BCUT2D eigenvalue weighted by atomic mass is 9.96. The van der Waals surface area contributed by atoms with Gasteiger partial charge in [-0.3, -0.25) is 0 Å². The minimum Gasteiger partial charge on any atom is -0.396 e. The predicted molar refractivity (Wildman–Crippen MR) is 163 cm³/mol. The molecular weight excluding hydrogens is 644 g/mol. The zero-order valence-electron chi connectivity index (χ0n) is 27.6. The Labute approximate surface area is 280 Å². The van der Waals surface area contributed by atoms with Crippen molar-refractivity contribution >= 4 is 0 Å². The van der Waals surface area contributed by atoms with E-state index >= 15 is 0 Å². The molecule has 3 aliphatic heterocycles. The van der Waals surface area contributed by atoms with Crippen molar-refractivity contribution in [3.63, 3.8) is 0 Å². The fourth-order valence-corrected chi connectivity index (χ4v) is 5.83. The zero-order chi connectivity index (χ0) is 35.2. The summed E-state index contributed by atoms with van der Waals surface area (Å²) in [5, 5.41) is 103. The Morgan fingerprint density at radius 2 is 1.02 bits per heavy atom. The van der Waals surface area contributed by atoms with Crippen LogP contribution >= 0.6 is 0 Å². The van der Waals surface area contributed by atoms with Gasteiger partial charge >= 0.3 is 0 Å². The van der Waals surface area contributed by atoms with Gasteiger partial charge in [0.05, 0.1) is 19.8 Å². The molecule has 0 bridgehead atoms. The summed E-state index contributed by atoms with van der Waals surface area (Å²) in [7, 11) is 0. The summed E-state index contributed by atoms with van der Waals surface area (Å²) < 4.78 is 39.8. The molecule has 0 aromatic rings. The maximum absolute atomic E-state index is 11.3. The number of hydrogen-bond acceptors (Lipinski definition) is 17. The summed E-state index contributed by atoms with van der Waals surface area (Å²) >= 11 is 0. The van der Waals surface area contributed by atoms with Crippen LogP contribution in [0.5, 0.6) is 0 Å². The lowest BCUT2D eigenvalue weighted by molar-refractivity contribution is -0.366. The first-order valence-electron chi connectivity index (χ1n) is 17.1. The first kappa shape index (κ1) is 41.7. The number of aliphatic hydroxyl groups excluding tert-OH is 10. The van der Waals surface area contributed by atoms with Crippen molar-refractivity contribution in [3.8, 4) is 0 Å². The summed E-state index contributed by atoms with van der Waals surface area (Å²) in [6, 6.07) is 0. The minimum atomic E-state index is -1.78. The van der Waals surface area contributed by atoms with E-state index in [1.807, 2.05) is 0 Å². The molecule has 0 saturated carbocycles. The van der Waals surface area contributed by atoms with E-state index in [0.29, 0.717) is 25.9 Å². The van der Waals surface area contributed by atoms with Gasteiger partial charge in [0.1, 0.15) is 73.2 Å². The summed E-state index contributed by atoms with van der Waals surface area (Å²) in [6.07, 6.45) is -15.3. The number of aliphatic hydroxyl groups is 10. The van der Waals surface area contributed by atoms with E-state index in [4.69, 9.17) is 38.3 Å². The van der Waals surface area contributed by atoms with Gasteiger partial charge in [-0.05, 0) is 25.7 Å². The Hall–Kier alpha value is -0.680. The van der Waals surface area contributed by atoms with E-state index in [2.05, 4.69) is 6.92 Å². The SMILES string of the molecule is CCCCCCCCO[C@@H]1O[C@H](CO[C@H]2O[C@H](CO)[C@@H](O)[C@H](O)[C@@H]2O)[C@@H](O)[C@H](O[C@H]2O[C@H](COCCCCCO)[C@@H](O)[C@H](O)[C@@H]2O)[C@@H]1O. The fourth-order valence-electron chi connectivity index (χ4n) is 5.83. The Balaban J connectivity index is 1.68. The molecule has 10 N–H and O–H groups in total. The molecule has 48 heavy (non-hydrogen) atoms. The van der Waals surface area contributed by atoms with Crippen LogP contribution in [0, 0.1) is 0 Å². The first-order chi connectivity index (χ1) is 23.0. The highest BCUT2D eigenvalue weighted by molar-refractivity contribution is 4.95. The van der Waals surface area contributed by atoms with E-state index in [1.54, 1.807) is 0 Å². The van der Waals surface area contributed by atoms with E-state index in [1.165, 1.54) is 0 Å². The monoisotopic (exact) mass is 702 g/mol. The third kappa shape index (κ3) is 11.7. The van der Waals surface area contributed by atoms with Crippen LogP contribution in [0.15, 0.2) is 0 Å². The molecule has 3 heterocycles. The molecule has 17 heteroatoms. The molecule has 17 nitrogen and oxygen atoms in total. The number of rotatable bonds is 21. The van der Waals surface area contributed by atoms with Crippen LogP contribution in [0.2, 0.25) is 0 Å². The van der Waals surface area contributed by atoms with Crippen molar-refractivity contribution in [2.24, 2.45) is 0 Å². The van der Waals surface area contributed by atoms with Crippen molar-refractivity contribution < 1.29 is 84.2 Å². The van der Waals surface area contributed by atoms with E-state index in [0.717, 1.165) is 38.5 Å². The average molecular weight is 703 g/mol. The van der Waals surface area contributed by atoms with Gasteiger partial charge in [0.2, 0.25) is 0 Å². The van der Waals surface area contributed by atoms with Gasteiger partial charge in [-0.15, -0.1) is 0 Å². The topological polar surface area (TPSA) is 267 Å². The van der Waals surface area contributed by atoms with E-state index in [9.17, 15) is 46.0 Å². The Morgan fingerprint density at radius 3 is 1.71 bits per heavy atom. The molecule has 0 aromatic heterocycles. The van der Waals surface area contributed by atoms with E-state index < -0.39 is 105 Å². The lowest BCUT2D eigenvalue weighted by Crippen LogP contribution is -2.65. The van der Waals surface area contributed by atoms with Crippen molar-refractivity contribution in [3.05, 3.63) is 0 Å². The summed E-state index contributed by atoms with van der Waals surface area (Å²) in [5.74, 6) is 0. The van der Waals surface area contributed by atoms with Gasteiger partial charge in [-0.1, -0.05) is 39.0 Å². The normalized spacial score (nSPS) is 40.7. The second-order valence-corrected chi connectivity index (χ2v) is 12.7. The minimum absolute atomic E-state index is 0.0587. The highest BCUT2D eigenvalue weighted by atomic mass is 16.7. The summed E-state index contributed by atoms with van der Waals surface area (Å²) in [6.45, 7) is 1.32. The molecule has 0 spiro atoms. The Kier molecular flexibility index (Phi) is 18.8. The van der Waals surface area contributed by atoms with E-state index in [-0.39, 0.29) is 19.8 Å². The highest BCUT2D eigenvalue weighted by Gasteiger charge is 2.52. The van der Waals surface area contributed by atoms with Crippen molar-refractivity contribution in [1.82, 2.24) is 0 Å². The molecule has 0 aromatic carbocycles. The van der Waals surface area contributed by atoms with Gasteiger partial charge in [0, 0.05) is 19.8 Å². The standard InChI is InChI=1S/C31H58O17/c1-2-3-4-5-6-10-13-43-30-27(41)28(22(36)19(46-30)16-44-29-25(39)23(37)20(34)17(14-33)45-29)48-31-26(40)24(38)21(35)18(47-31)15-42-12-9-7-8-11-32/h17-41H,2-16H2,1H3/t17-,18-,19-,20-,21-,22-,23+,24+,25+,26+,27+,28+,29+,30-,31-/m1/s1. The van der Waals surface area contributed by atoms with Gasteiger partial charge in [0.15, 0.2) is 18.9 Å². The second-order valence-electron chi connectivity index (χ2n) is 12.7. The average Bonchev–Trinajstić information content (AvgIpc) is 3.08. The van der Waals surface area contributed by atoms with Crippen LogP contribution in [0.3, 0.4) is 0 Å². The van der Waals surface area contributed by atoms with Gasteiger partial charge in [-0.25, -0.2) is 0 Å². The molecule has 3 fully saturated rings. The largest absolute Gasteiger partial charge is 0.396 e. The van der Waals surface area contributed by atoms with Crippen LogP contribution < -0.4 is 0 Å². The Morgan fingerprint density at radius 1 is 0.479 bits per heavy atom. The van der Waals surface area contributed by atoms with Crippen molar-refractivity contribution in [2.75, 3.05) is 39.6 Å². The predicted octanol–water partition coefficient (Wildman–Crippen LogP) is -3.00. The molecule has 3 rings (SSSR count). The second kappa shape index (κ2) is 21.6. The van der Waals surface area contributed by atoms with Crippen molar-refractivity contribution in [2.45, 2.75) is 157 Å². The van der Waals surface area contributed by atoms with Crippen LogP contribution in [-0.2, 0) is 33.2 Å². The molecule has 3 aliphatic rings. The summed E-state index contributed by atoms with van der Waals surface area (Å²) in [4.78, 5) is 0. The Bertz CT molecular complexity index is 856. The zero-order valence-corrected chi connectivity index (χ0v) is 27.6. The van der Waals surface area contributed by atoms with Crippen molar-refractivity contribution in [1.29, 1.82) is 0 Å². The molecule has 0 amide bonds. The summed E-state index contributed by atoms with van der Waals surface area (Å²) in [5.41, 5.74) is 0. The number of ether oxygens (including phenoxy) is 7. The van der Waals surface area contributed by atoms with Gasteiger partial charge in [0.25, 0.3) is 0 Å². The molecule has 0 radical (unpaired) electrons. The molecular formula is C31H58O17. The van der Waals surface area contributed by atoms with Crippen LogP contribution in [0.1, 0.15) is 64.7 Å². The maximum atomic E-state index is 11.3. The highest BCUT2D eigenvalue weighted by Crippen LogP contribution is 2.31. The molecule has 0 aliphatic carbocycles. The smallest absolute Gasteiger partial charge is 0.187 e. The molecule has 15 atom stereocenters. The first-order valence-corrected chi connectivity index (χ1v) is 17.1. The number of unbranched alkanes of at least 4 members (excludes halogenated alkanes) is 7. The quantitative estimate of drug-likeness (QED) is 0.0534. The van der Waals surface area contributed by atoms with Gasteiger partial charge < -0.3 is 84.2 Å².